The van der Waals surface area contributed by atoms with E-state index in [1.165, 1.54) is 26.4 Å². The van der Waals surface area contributed by atoms with Gasteiger partial charge in [-0.2, -0.15) is 0 Å². The summed E-state index contributed by atoms with van der Waals surface area (Å²) in [7, 11) is 1.58. The van der Waals surface area contributed by atoms with E-state index in [9.17, 15) is 19.2 Å². The molecule has 0 radical (unpaired) electrons. The Labute approximate surface area is 220 Å². The predicted molar refractivity (Wildman–Crippen MR) is 145 cm³/mol. The summed E-state index contributed by atoms with van der Waals surface area (Å²) in [4.78, 5) is 56.3. The molecule has 0 saturated carbocycles. The van der Waals surface area contributed by atoms with Crippen LogP contribution in [0.4, 0.5) is 0 Å². The fraction of sp³-hybridized carbons (Fsp3) is 0.222. The van der Waals surface area contributed by atoms with Crippen molar-refractivity contribution in [2.45, 2.75) is 33.0 Å². The minimum atomic E-state index is -0.560. The summed E-state index contributed by atoms with van der Waals surface area (Å²) in [6.45, 7) is 2.06. The van der Waals surface area contributed by atoms with Crippen molar-refractivity contribution < 1.29 is 9.53 Å². The number of hydrogen-bond donors (Lipinski definition) is 1. The van der Waals surface area contributed by atoms with Crippen LogP contribution >= 0.6 is 11.3 Å². The zero-order valence-corrected chi connectivity index (χ0v) is 21.7. The number of nitrogens with one attached hydrogen (secondary N) is 1. The number of nitrogens with zero attached hydrogens (tertiary/aromatic N) is 4. The number of hydrogen-bond acceptors (Lipinski definition) is 7. The highest BCUT2D eigenvalue weighted by Crippen LogP contribution is 2.16. The third-order valence-electron chi connectivity index (χ3n) is 6.30. The molecule has 194 valence electrons. The normalized spacial score (nSPS) is 11.2. The van der Waals surface area contributed by atoms with Gasteiger partial charge in [-0.05, 0) is 48.2 Å². The molecule has 0 fully saturated rings. The van der Waals surface area contributed by atoms with Gasteiger partial charge in [-0.1, -0.05) is 18.2 Å². The third kappa shape index (κ3) is 4.88. The second kappa shape index (κ2) is 10.5. The quantitative estimate of drug-likeness (QED) is 0.329. The number of ether oxygens (including phenoxy) is 1. The maximum absolute atomic E-state index is 13.4. The number of carbonyl (C=O) groups is 1. The lowest BCUT2D eigenvalue weighted by Gasteiger charge is -2.13. The minimum absolute atomic E-state index is 0.00962. The molecule has 11 heteroatoms. The van der Waals surface area contributed by atoms with Crippen LogP contribution in [0, 0.1) is 6.92 Å². The highest BCUT2D eigenvalue weighted by Gasteiger charge is 2.17. The van der Waals surface area contributed by atoms with E-state index < -0.39 is 11.2 Å². The molecule has 1 N–H and O–H groups in total. The molecule has 1 aromatic carbocycles. The molecule has 0 bridgehead atoms. The maximum Gasteiger partial charge on any atom is 0.331 e. The van der Waals surface area contributed by atoms with E-state index in [1.54, 1.807) is 36.8 Å². The summed E-state index contributed by atoms with van der Waals surface area (Å²) < 4.78 is 9.53. The zero-order valence-electron chi connectivity index (χ0n) is 20.8. The molecule has 0 spiro atoms. The highest BCUT2D eigenvalue weighted by atomic mass is 32.1. The van der Waals surface area contributed by atoms with Crippen molar-refractivity contribution in [1.82, 2.24) is 23.8 Å². The number of methoxy groups -OCH3 is 1. The second-order valence-electron chi connectivity index (χ2n) is 8.78. The SMILES string of the molecule is COc1ccc(CNC(=O)CCn2c(=O)c3sccc3n(Cc3cc(=O)n4c(C)cccc4n3)c2=O)cc1. The van der Waals surface area contributed by atoms with E-state index in [2.05, 4.69) is 10.3 Å². The van der Waals surface area contributed by atoms with Crippen LogP contribution in [0.2, 0.25) is 0 Å². The van der Waals surface area contributed by atoms with Crippen LogP contribution < -0.4 is 26.9 Å². The number of carbonyl (C=O) groups excluding carboxylic acids is 1. The Morgan fingerprint density at radius 3 is 2.61 bits per heavy atom. The molecule has 0 atom stereocenters. The average molecular weight is 532 g/mol. The van der Waals surface area contributed by atoms with Crippen molar-refractivity contribution in [3.05, 3.63) is 108 Å². The van der Waals surface area contributed by atoms with E-state index in [1.807, 2.05) is 31.2 Å². The first-order valence-electron chi connectivity index (χ1n) is 11.9. The number of aromatic nitrogens is 4. The Balaban J connectivity index is 1.39. The van der Waals surface area contributed by atoms with Crippen LogP contribution in [0.5, 0.6) is 5.75 Å². The summed E-state index contributed by atoms with van der Waals surface area (Å²) >= 11 is 1.22. The van der Waals surface area contributed by atoms with Gasteiger partial charge in [-0.25, -0.2) is 9.78 Å². The van der Waals surface area contributed by atoms with Crippen LogP contribution in [-0.4, -0.2) is 31.5 Å². The van der Waals surface area contributed by atoms with Gasteiger partial charge in [0.2, 0.25) is 5.91 Å². The third-order valence-corrected chi connectivity index (χ3v) is 7.19. The summed E-state index contributed by atoms with van der Waals surface area (Å²) in [5.41, 5.74) is 1.74. The van der Waals surface area contributed by atoms with E-state index in [0.717, 1.165) is 21.6 Å². The molecule has 0 unspecified atom stereocenters. The molecule has 5 aromatic rings. The smallest absolute Gasteiger partial charge is 0.331 e. The molecule has 0 aliphatic rings. The van der Waals surface area contributed by atoms with Gasteiger partial charge in [0, 0.05) is 31.3 Å². The van der Waals surface area contributed by atoms with E-state index in [4.69, 9.17) is 4.74 Å². The molecule has 38 heavy (non-hydrogen) atoms. The standard InChI is InChI=1S/C27H25N5O5S/c1-17-4-3-5-22-29-19(14-24(34)32(17)22)16-31-21-11-13-38-25(21)26(35)30(27(31)36)12-10-23(33)28-15-18-6-8-20(37-2)9-7-18/h3-9,11,13-14H,10,12,15-16H2,1-2H3,(H,28,33). The van der Waals surface area contributed by atoms with Gasteiger partial charge >= 0.3 is 5.69 Å². The number of fused-ring (bicyclic) bond motifs is 2. The molecule has 0 aliphatic heterocycles. The number of pyridine rings is 1. The number of thiophene rings is 1. The number of rotatable bonds is 8. The molecule has 1 amide bonds. The lowest BCUT2D eigenvalue weighted by atomic mass is 10.2. The first-order chi connectivity index (χ1) is 18.4. The molecule has 5 rings (SSSR count). The van der Waals surface area contributed by atoms with Gasteiger partial charge < -0.3 is 10.1 Å². The van der Waals surface area contributed by atoms with Gasteiger partial charge in [0.15, 0.2) is 0 Å². The average Bonchev–Trinajstić information content (AvgIpc) is 3.40. The Morgan fingerprint density at radius 2 is 1.84 bits per heavy atom. The van der Waals surface area contributed by atoms with Crippen LogP contribution in [0.25, 0.3) is 15.9 Å². The molecule has 0 saturated heterocycles. The van der Waals surface area contributed by atoms with Gasteiger partial charge in [0.25, 0.3) is 11.1 Å². The van der Waals surface area contributed by atoms with Gasteiger partial charge in [-0.3, -0.25) is 27.9 Å². The molecule has 0 aliphatic carbocycles. The molecule has 10 nitrogen and oxygen atoms in total. The Hall–Kier alpha value is -4.51. The summed E-state index contributed by atoms with van der Waals surface area (Å²) in [5.74, 6) is 0.434. The van der Waals surface area contributed by atoms with Crippen molar-refractivity contribution in [2.24, 2.45) is 0 Å². The first kappa shape index (κ1) is 25.2. The second-order valence-corrected chi connectivity index (χ2v) is 9.70. The highest BCUT2D eigenvalue weighted by molar-refractivity contribution is 7.17. The Bertz CT molecular complexity index is 1830. The van der Waals surface area contributed by atoms with Gasteiger partial charge in [0.05, 0.1) is 24.9 Å². The van der Waals surface area contributed by atoms with Crippen LogP contribution in [0.1, 0.15) is 23.4 Å². The zero-order chi connectivity index (χ0) is 26.8. The van der Waals surface area contributed by atoms with Crippen molar-refractivity contribution in [3.63, 3.8) is 0 Å². The lowest BCUT2D eigenvalue weighted by Crippen LogP contribution is -2.41. The van der Waals surface area contributed by atoms with Gasteiger partial charge in [-0.15, -0.1) is 11.3 Å². The fourth-order valence-corrected chi connectivity index (χ4v) is 5.18. The lowest BCUT2D eigenvalue weighted by molar-refractivity contribution is -0.121. The molecular weight excluding hydrogens is 506 g/mol. The minimum Gasteiger partial charge on any atom is -0.497 e. The van der Waals surface area contributed by atoms with E-state index in [0.29, 0.717) is 28.1 Å². The largest absolute Gasteiger partial charge is 0.497 e. The summed E-state index contributed by atoms with van der Waals surface area (Å²) in [6.07, 6.45) is -0.0446. The van der Waals surface area contributed by atoms with Crippen molar-refractivity contribution in [1.29, 1.82) is 0 Å². The monoisotopic (exact) mass is 531 g/mol. The number of amides is 1. The van der Waals surface area contributed by atoms with E-state index >= 15 is 0 Å². The predicted octanol–water partition coefficient (Wildman–Crippen LogP) is 2.30. The number of benzene rings is 1. The molecule has 4 heterocycles. The number of aryl methyl sites for hydroxylation is 1. The topological polar surface area (TPSA) is 117 Å². The van der Waals surface area contributed by atoms with Crippen LogP contribution in [-0.2, 0) is 24.4 Å². The van der Waals surface area contributed by atoms with E-state index in [-0.39, 0.29) is 31.0 Å². The Morgan fingerprint density at radius 1 is 1.05 bits per heavy atom. The fourth-order valence-electron chi connectivity index (χ4n) is 4.34. The summed E-state index contributed by atoms with van der Waals surface area (Å²) in [6, 6.07) is 15.8. The summed E-state index contributed by atoms with van der Waals surface area (Å²) in [5, 5.41) is 4.55. The van der Waals surface area contributed by atoms with Gasteiger partial charge in [0.1, 0.15) is 16.1 Å². The Kier molecular flexibility index (Phi) is 6.93. The molecule has 4 aromatic heterocycles. The van der Waals surface area contributed by atoms with Crippen LogP contribution in [0.15, 0.2) is 74.4 Å². The van der Waals surface area contributed by atoms with Crippen molar-refractivity contribution >= 4 is 33.1 Å². The van der Waals surface area contributed by atoms with Crippen molar-refractivity contribution in [3.8, 4) is 5.75 Å². The maximum atomic E-state index is 13.4. The van der Waals surface area contributed by atoms with Crippen molar-refractivity contribution in [2.75, 3.05) is 7.11 Å². The molecular formula is C27H25N5O5S. The first-order valence-corrected chi connectivity index (χ1v) is 12.8. The van der Waals surface area contributed by atoms with Crippen LogP contribution in [0.3, 0.4) is 0 Å².